The van der Waals surface area contributed by atoms with Gasteiger partial charge in [0.15, 0.2) is 0 Å². The summed E-state index contributed by atoms with van der Waals surface area (Å²) < 4.78 is 0. The van der Waals surface area contributed by atoms with Crippen LogP contribution in [0, 0.1) is 17.2 Å². The van der Waals surface area contributed by atoms with Crippen LogP contribution >= 0.6 is 0 Å². The van der Waals surface area contributed by atoms with Crippen molar-refractivity contribution in [2.24, 2.45) is 5.92 Å². The minimum atomic E-state index is 0.178. The van der Waals surface area contributed by atoms with Gasteiger partial charge in [-0.05, 0) is 37.0 Å². The molecule has 0 saturated carbocycles. The van der Waals surface area contributed by atoms with Gasteiger partial charge in [0.1, 0.15) is 0 Å². The molecule has 1 aromatic rings. The van der Waals surface area contributed by atoms with Gasteiger partial charge in [-0.3, -0.25) is 4.79 Å². The molecule has 1 saturated heterocycles. The lowest BCUT2D eigenvalue weighted by Crippen LogP contribution is -2.50. The highest BCUT2D eigenvalue weighted by Gasteiger charge is 2.29. The molecule has 1 fully saturated rings. The van der Waals surface area contributed by atoms with Gasteiger partial charge in [0.2, 0.25) is 5.91 Å². The molecule has 0 aromatic heterocycles. The van der Waals surface area contributed by atoms with E-state index in [1.807, 2.05) is 29.2 Å². The van der Waals surface area contributed by atoms with Crippen molar-refractivity contribution < 1.29 is 4.79 Å². The maximum absolute atomic E-state index is 11.6. The van der Waals surface area contributed by atoms with Crippen LogP contribution in [0.5, 0.6) is 0 Å². The van der Waals surface area contributed by atoms with Gasteiger partial charge < -0.3 is 10.2 Å². The third kappa shape index (κ3) is 3.86. The second-order valence-corrected chi connectivity index (χ2v) is 6.15. The Labute approximate surface area is 133 Å². The molecule has 1 aromatic carbocycles. The topological polar surface area (TPSA) is 56.1 Å². The maximum Gasteiger partial charge on any atom is 0.219 e. The predicted octanol–water partition coefficient (Wildman–Crippen LogP) is 2.86. The second kappa shape index (κ2) is 7.42. The molecular weight excluding hydrogens is 274 g/mol. The number of hydrogen-bond donors (Lipinski definition) is 1. The zero-order valence-corrected chi connectivity index (χ0v) is 13.7. The zero-order valence-electron chi connectivity index (χ0n) is 13.7. The van der Waals surface area contributed by atoms with Crippen molar-refractivity contribution in [3.8, 4) is 6.07 Å². The number of nitrogens with one attached hydrogen (secondary N) is 1. The van der Waals surface area contributed by atoms with Crippen molar-refractivity contribution in [1.82, 2.24) is 10.2 Å². The third-order valence-electron chi connectivity index (χ3n) is 4.71. The molecule has 1 heterocycles. The third-order valence-corrected chi connectivity index (χ3v) is 4.71. The summed E-state index contributed by atoms with van der Waals surface area (Å²) >= 11 is 0. The van der Waals surface area contributed by atoms with Gasteiger partial charge in [0.25, 0.3) is 0 Å². The molecule has 4 nitrogen and oxygen atoms in total. The standard InChI is InChI=1S/C18H25N3O/c1-4-16-12-21(14(3)22)10-9-18(16)20-13(2)17-7-5-15(11-19)6-8-17/h5-8,13,16,18,20H,4,9-10,12H2,1-3H3/t13-,16-,18+/m1/s1. The lowest BCUT2D eigenvalue weighted by molar-refractivity contribution is -0.131. The fourth-order valence-electron chi connectivity index (χ4n) is 3.21. The van der Waals surface area contributed by atoms with Gasteiger partial charge in [-0.2, -0.15) is 5.26 Å². The summed E-state index contributed by atoms with van der Waals surface area (Å²) in [6, 6.07) is 10.6. The number of likely N-dealkylation sites (tertiary alicyclic amines) is 1. The SMILES string of the molecule is CC[C@@H]1CN(C(C)=O)CC[C@@H]1N[C@H](C)c1ccc(C#N)cc1. The Balaban J connectivity index is 1.99. The number of amides is 1. The summed E-state index contributed by atoms with van der Waals surface area (Å²) in [5.41, 5.74) is 1.89. The van der Waals surface area contributed by atoms with Crippen molar-refractivity contribution >= 4 is 5.91 Å². The molecule has 1 N–H and O–H groups in total. The van der Waals surface area contributed by atoms with Gasteiger partial charge >= 0.3 is 0 Å². The molecule has 0 unspecified atom stereocenters. The van der Waals surface area contributed by atoms with E-state index >= 15 is 0 Å². The predicted molar refractivity (Wildman–Crippen MR) is 87.1 cm³/mol. The van der Waals surface area contributed by atoms with Crippen LogP contribution in [-0.4, -0.2) is 29.9 Å². The average molecular weight is 299 g/mol. The molecule has 3 atom stereocenters. The molecule has 0 radical (unpaired) electrons. The molecule has 4 heteroatoms. The molecule has 22 heavy (non-hydrogen) atoms. The van der Waals surface area contributed by atoms with Crippen molar-refractivity contribution in [3.05, 3.63) is 35.4 Å². The fourth-order valence-corrected chi connectivity index (χ4v) is 3.21. The Morgan fingerprint density at radius 3 is 2.68 bits per heavy atom. The number of hydrogen-bond acceptors (Lipinski definition) is 3. The van der Waals surface area contributed by atoms with Crippen LogP contribution in [0.1, 0.15) is 50.8 Å². The van der Waals surface area contributed by atoms with Gasteiger partial charge in [-0.15, -0.1) is 0 Å². The summed E-state index contributed by atoms with van der Waals surface area (Å²) in [4.78, 5) is 13.5. The van der Waals surface area contributed by atoms with Gasteiger partial charge in [0, 0.05) is 32.1 Å². The Kier molecular flexibility index (Phi) is 5.57. The molecule has 0 spiro atoms. The molecule has 1 amide bonds. The number of carbonyl (C=O) groups is 1. The number of carbonyl (C=O) groups excluding carboxylic acids is 1. The molecule has 1 aliphatic rings. The minimum absolute atomic E-state index is 0.178. The molecule has 0 bridgehead atoms. The summed E-state index contributed by atoms with van der Waals surface area (Å²) in [5.74, 6) is 0.676. The van der Waals surface area contributed by atoms with Crippen LogP contribution in [-0.2, 0) is 4.79 Å². The van der Waals surface area contributed by atoms with E-state index in [-0.39, 0.29) is 11.9 Å². The average Bonchev–Trinajstić information content (AvgIpc) is 2.55. The van der Waals surface area contributed by atoms with Crippen molar-refractivity contribution in [1.29, 1.82) is 5.26 Å². The maximum atomic E-state index is 11.6. The van der Waals surface area contributed by atoms with E-state index in [2.05, 4.69) is 25.2 Å². The first-order valence-electron chi connectivity index (χ1n) is 8.06. The lowest BCUT2D eigenvalue weighted by atomic mass is 9.88. The number of piperidine rings is 1. The Bertz CT molecular complexity index is 546. The molecule has 118 valence electrons. The molecular formula is C18H25N3O. The highest BCUT2D eigenvalue weighted by Crippen LogP contribution is 2.24. The van der Waals surface area contributed by atoms with E-state index in [4.69, 9.17) is 5.26 Å². The van der Waals surface area contributed by atoms with Crippen LogP contribution in [0.15, 0.2) is 24.3 Å². The first kappa shape index (κ1) is 16.5. The van der Waals surface area contributed by atoms with Crippen molar-refractivity contribution in [2.45, 2.75) is 45.7 Å². The van der Waals surface area contributed by atoms with Crippen LogP contribution in [0.2, 0.25) is 0 Å². The van der Waals surface area contributed by atoms with E-state index in [1.54, 1.807) is 6.92 Å². The Morgan fingerprint density at radius 2 is 2.14 bits per heavy atom. The highest BCUT2D eigenvalue weighted by molar-refractivity contribution is 5.73. The van der Waals surface area contributed by atoms with Crippen LogP contribution in [0.25, 0.3) is 0 Å². The highest BCUT2D eigenvalue weighted by atomic mass is 16.2. The van der Waals surface area contributed by atoms with E-state index < -0.39 is 0 Å². The molecule has 0 aliphatic carbocycles. The summed E-state index contributed by atoms with van der Waals surface area (Å²) in [6.07, 6.45) is 2.07. The monoisotopic (exact) mass is 299 g/mol. The quantitative estimate of drug-likeness (QED) is 0.930. The van der Waals surface area contributed by atoms with Gasteiger partial charge in [-0.25, -0.2) is 0 Å². The summed E-state index contributed by atoms with van der Waals surface area (Å²) in [7, 11) is 0. The fraction of sp³-hybridized carbons (Fsp3) is 0.556. The first-order chi connectivity index (χ1) is 10.5. The number of nitriles is 1. The lowest BCUT2D eigenvalue weighted by Gasteiger charge is -2.39. The van der Waals surface area contributed by atoms with Crippen molar-refractivity contribution in [3.63, 3.8) is 0 Å². The van der Waals surface area contributed by atoms with Crippen LogP contribution in [0.4, 0.5) is 0 Å². The first-order valence-corrected chi connectivity index (χ1v) is 8.06. The van der Waals surface area contributed by atoms with E-state index in [9.17, 15) is 4.79 Å². The van der Waals surface area contributed by atoms with E-state index in [0.29, 0.717) is 17.5 Å². The summed E-state index contributed by atoms with van der Waals surface area (Å²) in [6.45, 7) is 7.69. The number of benzene rings is 1. The Hall–Kier alpha value is -1.86. The van der Waals surface area contributed by atoms with Crippen LogP contribution in [0.3, 0.4) is 0 Å². The minimum Gasteiger partial charge on any atom is -0.343 e. The van der Waals surface area contributed by atoms with Crippen LogP contribution < -0.4 is 5.32 Å². The van der Waals surface area contributed by atoms with E-state index in [0.717, 1.165) is 25.9 Å². The smallest absolute Gasteiger partial charge is 0.219 e. The molecule has 2 rings (SSSR count). The number of nitrogens with zero attached hydrogens (tertiary/aromatic N) is 2. The molecule has 1 aliphatic heterocycles. The van der Waals surface area contributed by atoms with E-state index in [1.165, 1.54) is 5.56 Å². The summed E-state index contributed by atoms with van der Waals surface area (Å²) in [5, 5.41) is 12.6. The normalized spacial score (nSPS) is 22.9. The second-order valence-electron chi connectivity index (χ2n) is 6.15. The largest absolute Gasteiger partial charge is 0.343 e. The zero-order chi connectivity index (χ0) is 16.1. The van der Waals surface area contributed by atoms with Crippen molar-refractivity contribution in [2.75, 3.05) is 13.1 Å². The van der Waals surface area contributed by atoms with Gasteiger partial charge in [0.05, 0.1) is 11.6 Å². The van der Waals surface area contributed by atoms with Gasteiger partial charge in [-0.1, -0.05) is 25.5 Å². The Morgan fingerprint density at radius 1 is 1.45 bits per heavy atom. The number of rotatable bonds is 4.